The maximum absolute atomic E-state index is 13.1. The molecule has 1 aliphatic heterocycles. The van der Waals surface area contributed by atoms with E-state index in [0.29, 0.717) is 24.6 Å². The van der Waals surface area contributed by atoms with Gasteiger partial charge in [-0.2, -0.15) is 0 Å². The van der Waals surface area contributed by atoms with Crippen LogP contribution in [0.25, 0.3) is 0 Å². The van der Waals surface area contributed by atoms with Gasteiger partial charge in [0.05, 0.1) is 11.5 Å². The number of carboxylic acid groups (broad SMARTS) is 1. The zero-order chi connectivity index (χ0) is 18.1. The lowest BCUT2D eigenvalue weighted by atomic mass is 9.92. The number of carbonyl (C=O) groups is 2. The maximum Gasteiger partial charge on any atom is 0.308 e. The molecule has 134 valence electrons. The first-order valence-corrected chi connectivity index (χ1v) is 9.79. The summed E-state index contributed by atoms with van der Waals surface area (Å²) in [5.41, 5.74) is 0.655. The van der Waals surface area contributed by atoms with Crippen molar-refractivity contribution < 1.29 is 14.7 Å². The fourth-order valence-electron chi connectivity index (χ4n) is 3.78. The predicted molar refractivity (Wildman–Crippen MR) is 100 cm³/mol. The number of carbonyl (C=O) groups excluding carboxylic acids is 1. The average molecular weight is 367 g/mol. The molecule has 4 nitrogen and oxygen atoms in total. The SMILES string of the molecule is O=C(O)[C@H]1CN(C(=O)c2ccccc2Sc2ccccc2)C[C@@H]1C1CC1. The third kappa shape index (κ3) is 3.49. The summed E-state index contributed by atoms with van der Waals surface area (Å²) in [5, 5.41) is 9.54. The Morgan fingerprint density at radius 3 is 2.35 bits per heavy atom. The van der Waals surface area contributed by atoms with E-state index in [-0.39, 0.29) is 11.8 Å². The molecular formula is C21H21NO3S. The van der Waals surface area contributed by atoms with E-state index in [4.69, 9.17) is 0 Å². The summed E-state index contributed by atoms with van der Waals surface area (Å²) >= 11 is 1.56. The van der Waals surface area contributed by atoms with Crippen molar-refractivity contribution in [2.24, 2.45) is 17.8 Å². The van der Waals surface area contributed by atoms with Gasteiger partial charge in [-0.15, -0.1) is 0 Å². The summed E-state index contributed by atoms with van der Waals surface area (Å²) in [5.74, 6) is -0.684. The lowest BCUT2D eigenvalue weighted by Gasteiger charge is -2.18. The Kier molecular flexibility index (Phi) is 4.72. The van der Waals surface area contributed by atoms with E-state index >= 15 is 0 Å². The minimum atomic E-state index is -0.774. The van der Waals surface area contributed by atoms with Gasteiger partial charge in [-0.05, 0) is 48.9 Å². The Hall–Kier alpha value is -2.27. The third-order valence-corrected chi connectivity index (χ3v) is 6.37. The second-order valence-corrected chi connectivity index (χ2v) is 8.18. The van der Waals surface area contributed by atoms with Crippen molar-refractivity contribution in [3.8, 4) is 0 Å². The van der Waals surface area contributed by atoms with Crippen molar-refractivity contribution in [1.29, 1.82) is 0 Å². The number of likely N-dealkylation sites (tertiary alicyclic amines) is 1. The highest BCUT2D eigenvalue weighted by molar-refractivity contribution is 7.99. The number of benzene rings is 2. The molecule has 2 aromatic rings. The van der Waals surface area contributed by atoms with E-state index in [9.17, 15) is 14.7 Å². The fourth-order valence-corrected chi connectivity index (χ4v) is 4.74. The lowest BCUT2D eigenvalue weighted by Crippen LogP contribution is -2.30. The second kappa shape index (κ2) is 7.16. The van der Waals surface area contributed by atoms with Crippen molar-refractivity contribution in [2.45, 2.75) is 22.6 Å². The van der Waals surface area contributed by atoms with Crippen LogP contribution in [-0.4, -0.2) is 35.0 Å². The molecule has 1 aliphatic carbocycles. The molecule has 2 aliphatic rings. The highest BCUT2D eigenvalue weighted by atomic mass is 32.2. The molecule has 5 heteroatoms. The lowest BCUT2D eigenvalue weighted by molar-refractivity contribution is -0.142. The van der Waals surface area contributed by atoms with Crippen LogP contribution >= 0.6 is 11.8 Å². The van der Waals surface area contributed by atoms with Gasteiger partial charge in [-0.3, -0.25) is 9.59 Å². The fraction of sp³-hybridized carbons (Fsp3) is 0.333. The van der Waals surface area contributed by atoms with Crippen LogP contribution in [0.3, 0.4) is 0 Å². The third-order valence-electron chi connectivity index (χ3n) is 5.29. The molecule has 2 fully saturated rings. The van der Waals surface area contributed by atoms with Gasteiger partial charge in [0.1, 0.15) is 0 Å². The zero-order valence-electron chi connectivity index (χ0n) is 14.4. The molecule has 0 unspecified atom stereocenters. The molecule has 2 atom stereocenters. The Balaban J connectivity index is 1.56. The van der Waals surface area contributed by atoms with Gasteiger partial charge in [0.25, 0.3) is 5.91 Å². The van der Waals surface area contributed by atoms with Crippen molar-refractivity contribution in [3.63, 3.8) is 0 Å². The van der Waals surface area contributed by atoms with Gasteiger partial charge in [-0.25, -0.2) is 0 Å². The number of hydrogen-bond acceptors (Lipinski definition) is 3. The van der Waals surface area contributed by atoms with E-state index < -0.39 is 11.9 Å². The van der Waals surface area contributed by atoms with E-state index in [1.165, 1.54) is 0 Å². The Morgan fingerprint density at radius 1 is 0.962 bits per heavy atom. The summed E-state index contributed by atoms with van der Waals surface area (Å²) in [7, 11) is 0. The summed E-state index contributed by atoms with van der Waals surface area (Å²) in [6, 6.07) is 17.5. The molecule has 0 spiro atoms. The van der Waals surface area contributed by atoms with Gasteiger partial charge in [0.2, 0.25) is 0 Å². The molecule has 0 radical (unpaired) electrons. The number of amides is 1. The monoisotopic (exact) mass is 367 g/mol. The molecule has 1 amide bonds. The van der Waals surface area contributed by atoms with Gasteiger partial charge < -0.3 is 10.0 Å². The Morgan fingerprint density at radius 2 is 1.65 bits per heavy atom. The van der Waals surface area contributed by atoms with Gasteiger partial charge in [-0.1, -0.05) is 42.1 Å². The van der Waals surface area contributed by atoms with Crippen LogP contribution < -0.4 is 0 Å². The van der Waals surface area contributed by atoms with E-state index in [1.807, 2.05) is 54.6 Å². The smallest absolute Gasteiger partial charge is 0.308 e. The number of hydrogen-bond donors (Lipinski definition) is 1. The molecular weight excluding hydrogens is 346 g/mol. The van der Waals surface area contributed by atoms with Crippen LogP contribution in [0.1, 0.15) is 23.2 Å². The minimum Gasteiger partial charge on any atom is -0.481 e. The topological polar surface area (TPSA) is 57.6 Å². The summed E-state index contributed by atoms with van der Waals surface area (Å²) in [4.78, 5) is 28.5. The molecule has 1 heterocycles. The quantitative estimate of drug-likeness (QED) is 0.867. The molecule has 1 saturated carbocycles. The van der Waals surface area contributed by atoms with Crippen molar-refractivity contribution in [3.05, 3.63) is 60.2 Å². The van der Waals surface area contributed by atoms with Crippen LogP contribution in [0, 0.1) is 17.8 Å². The van der Waals surface area contributed by atoms with E-state index in [2.05, 4.69) is 0 Å². The predicted octanol–water partition coefficient (Wildman–Crippen LogP) is 4.02. The average Bonchev–Trinajstić information content (AvgIpc) is 3.40. The molecule has 4 rings (SSSR count). The van der Waals surface area contributed by atoms with Crippen molar-refractivity contribution in [1.82, 2.24) is 4.90 Å². The molecule has 26 heavy (non-hydrogen) atoms. The first-order chi connectivity index (χ1) is 12.6. The van der Waals surface area contributed by atoms with Gasteiger partial charge in [0.15, 0.2) is 0 Å². The second-order valence-electron chi connectivity index (χ2n) is 7.07. The number of rotatable bonds is 5. The highest BCUT2D eigenvalue weighted by Crippen LogP contribution is 2.44. The minimum absolute atomic E-state index is 0.0570. The van der Waals surface area contributed by atoms with Crippen LogP contribution in [0.2, 0.25) is 0 Å². The molecule has 0 bridgehead atoms. The molecule has 1 N–H and O–H groups in total. The van der Waals surface area contributed by atoms with Crippen LogP contribution in [0.15, 0.2) is 64.4 Å². The summed E-state index contributed by atoms with van der Waals surface area (Å²) in [6.07, 6.45) is 2.19. The van der Waals surface area contributed by atoms with Crippen molar-refractivity contribution >= 4 is 23.6 Å². The number of carboxylic acids is 1. The zero-order valence-corrected chi connectivity index (χ0v) is 15.2. The Bertz CT molecular complexity index is 819. The maximum atomic E-state index is 13.1. The summed E-state index contributed by atoms with van der Waals surface area (Å²) in [6.45, 7) is 0.879. The van der Waals surface area contributed by atoms with Gasteiger partial charge in [0, 0.05) is 22.9 Å². The van der Waals surface area contributed by atoms with Crippen molar-refractivity contribution in [2.75, 3.05) is 13.1 Å². The number of aliphatic carboxylic acids is 1. The largest absolute Gasteiger partial charge is 0.481 e. The standard InChI is InChI=1S/C21H21NO3S/c23-20(22-12-17(14-10-11-14)18(13-22)21(24)25)16-8-4-5-9-19(16)26-15-6-2-1-3-7-15/h1-9,14,17-18H,10-13H2,(H,24,25)/t17-,18+/m1/s1. The molecule has 1 saturated heterocycles. The van der Waals surface area contributed by atoms with Crippen LogP contribution in [0.5, 0.6) is 0 Å². The first kappa shape index (κ1) is 17.2. The molecule has 0 aromatic heterocycles. The van der Waals surface area contributed by atoms with E-state index in [1.54, 1.807) is 16.7 Å². The number of nitrogens with zero attached hydrogens (tertiary/aromatic N) is 1. The van der Waals surface area contributed by atoms with Crippen LogP contribution in [-0.2, 0) is 4.79 Å². The summed E-state index contributed by atoms with van der Waals surface area (Å²) < 4.78 is 0. The first-order valence-electron chi connectivity index (χ1n) is 8.97. The van der Waals surface area contributed by atoms with Gasteiger partial charge >= 0.3 is 5.97 Å². The van der Waals surface area contributed by atoms with Crippen LogP contribution in [0.4, 0.5) is 0 Å². The van der Waals surface area contributed by atoms with E-state index in [0.717, 1.165) is 22.6 Å². The molecule has 2 aromatic carbocycles. The normalized spacial score (nSPS) is 22.4. The Labute approximate surface area is 157 Å². The highest BCUT2D eigenvalue weighted by Gasteiger charge is 2.47.